The number of carbonyl (C=O) groups excluding carboxylic acids is 1. The summed E-state index contributed by atoms with van der Waals surface area (Å²) in [7, 11) is 3.77. The van der Waals surface area contributed by atoms with Gasteiger partial charge in [0.25, 0.3) is 0 Å². The molecule has 108 valence electrons. The number of nitrogens with zero attached hydrogens (tertiary/aromatic N) is 2. The highest BCUT2D eigenvalue weighted by atomic mass is 32.1. The second kappa shape index (κ2) is 6.72. The van der Waals surface area contributed by atoms with E-state index in [1.165, 1.54) is 4.88 Å². The van der Waals surface area contributed by atoms with E-state index in [-0.39, 0.29) is 5.91 Å². The molecule has 0 bridgehead atoms. The first kappa shape index (κ1) is 14.8. The van der Waals surface area contributed by atoms with Crippen molar-refractivity contribution in [3.05, 3.63) is 46.0 Å². The van der Waals surface area contributed by atoms with Crippen molar-refractivity contribution in [3.63, 3.8) is 0 Å². The van der Waals surface area contributed by atoms with Crippen LogP contribution in [0.4, 0.5) is 0 Å². The first-order valence-corrected chi connectivity index (χ1v) is 7.43. The minimum absolute atomic E-state index is 0.115. The van der Waals surface area contributed by atoms with Gasteiger partial charge < -0.3 is 9.32 Å². The summed E-state index contributed by atoms with van der Waals surface area (Å²) in [5, 5.41) is 2.03. The van der Waals surface area contributed by atoms with Gasteiger partial charge in [-0.25, -0.2) is 0 Å². The number of furan rings is 1. The van der Waals surface area contributed by atoms with Gasteiger partial charge in [0.15, 0.2) is 0 Å². The molecule has 0 N–H and O–H groups in total. The maximum Gasteiger partial charge on any atom is 0.236 e. The number of likely N-dealkylation sites (N-methyl/N-ethyl adjacent to an activating group) is 2. The van der Waals surface area contributed by atoms with Crippen LogP contribution in [0.25, 0.3) is 0 Å². The van der Waals surface area contributed by atoms with Crippen LogP contribution >= 0.6 is 11.3 Å². The van der Waals surface area contributed by atoms with Crippen LogP contribution in [-0.2, 0) is 17.9 Å². The lowest BCUT2D eigenvalue weighted by Crippen LogP contribution is -2.35. The monoisotopic (exact) mass is 292 g/mol. The molecule has 0 aliphatic heterocycles. The van der Waals surface area contributed by atoms with Crippen molar-refractivity contribution >= 4 is 17.2 Å². The third-order valence-corrected chi connectivity index (χ3v) is 3.89. The summed E-state index contributed by atoms with van der Waals surface area (Å²) >= 11 is 1.67. The molecule has 2 aromatic rings. The smallest absolute Gasteiger partial charge is 0.236 e. The Morgan fingerprint density at radius 3 is 2.65 bits per heavy atom. The quantitative estimate of drug-likeness (QED) is 0.821. The van der Waals surface area contributed by atoms with E-state index < -0.39 is 0 Å². The molecular formula is C15H20N2O2S. The van der Waals surface area contributed by atoms with Crippen LogP contribution < -0.4 is 0 Å². The Morgan fingerprint density at radius 1 is 1.25 bits per heavy atom. The molecule has 0 atom stereocenters. The molecule has 0 aliphatic carbocycles. The zero-order valence-corrected chi connectivity index (χ0v) is 12.9. The van der Waals surface area contributed by atoms with Gasteiger partial charge in [0.05, 0.1) is 19.6 Å². The number of amides is 1. The van der Waals surface area contributed by atoms with Gasteiger partial charge in [-0.15, -0.1) is 11.3 Å². The van der Waals surface area contributed by atoms with Gasteiger partial charge in [-0.3, -0.25) is 9.69 Å². The Kier molecular flexibility index (Phi) is 4.98. The molecule has 0 fully saturated rings. The maximum atomic E-state index is 12.1. The zero-order valence-electron chi connectivity index (χ0n) is 12.1. The van der Waals surface area contributed by atoms with Crippen LogP contribution in [0.15, 0.2) is 34.1 Å². The molecule has 4 nitrogen and oxygen atoms in total. The molecule has 20 heavy (non-hydrogen) atoms. The number of hydrogen-bond acceptors (Lipinski definition) is 4. The SMILES string of the molecule is Cc1ccc(CN(C)CC(=O)N(C)Cc2cccs2)o1. The molecule has 0 saturated heterocycles. The first-order chi connectivity index (χ1) is 9.54. The average molecular weight is 292 g/mol. The van der Waals surface area contributed by atoms with E-state index >= 15 is 0 Å². The lowest BCUT2D eigenvalue weighted by atomic mass is 10.3. The predicted octanol–water partition coefficient (Wildman–Crippen LogP) is 2.74. The Morgan fingerprint density at radius 2 is 2.05 bits per heavy atom. The average Bonchev–Trinajstić information content (AvgIpc) is 3.01. The van der Waals surface area contributed by atoms with E-state index in [4.69, 9.17) is 4.42 Å². The highest BCUT2D eigenvalue weighted by molar-refractivity contribution is 7.09. The van der Waals surface area contributed by atoms with E-state index in [1.54, 1.807) is 16.2 Å². The van der Waals surface area contributed by atoms with Gasteiger partial charge >= 0.3 is 0 Å². The molecule has 0 saturated carbocycles. The Hall–Kier alpha value is -1.59. The molecule has 0 radical (unpaired) electrons. The van der Waals surface area contributed by atoms with Crippen molar-refractivity contribution < 1.29 is 9.21 Å². The fourth-order valence-electron chi connectivity index (χ4n) is 1.97. The molecule has 1 amide bonds. The predicted molar refractivity (Wildman–Crippen MR) is 80.6 cm³/mol. The van der Waals surface area contributed by atoms with Crippen LogP contribution in [0.1, 0.15) is 16.4 Å². The lowest BCUT2D eigenvalue weighted by molar-refractivity contribution is -0.131. The first-order valence-electron chi connectivity index (χ1n) is 6.55. The lowest BCUT2D eigenvalue weighted by Gasteiger charge is -2.20. The molecule has 0 spiro atoms. The minimum atomic E-state index is 0.115. The van der Waals surface area contributed by atoms with Crippen LogP contribution in [0, 0.1) is 6.92 Å². The van der Waals surface area contributed by atoms with Crippen molar-refractivity contribution in [2.24, 2.45) is 0 Å². The Labute approximate surface area is 123 Å². The van der Waals surface area contributed by atoms with Crippen LogP contribution in [0.5, 0.6) is 0 Å². The topological polar surface area (TPSA) is 36.7 Å². The normalized spacial score (nSPS) is 11.0. The third-order valence-electron chi connectivity index (χ3n) is 3.03. The number of aryl methyl sites for hydroxylation is 1. The summed E-state index contributed by atoms with van der Waals surface area (Å²) in [6.07, 6.45) is 0. The van der Waals surface area contributed by atoms with Gasteiger partial charge in [0.2, 0.25) is 5.91 Å². The molecule has 2 aromatic heterocycles. The standard InChI is InChI=1S/C15H20N2O2S/c1-12-6-7-13(19-12)9-16(2)11-15(18)17(3)10-14-5-4-8-20-14/h4-8H,9-11H2,1-3H3. The summed E-state index contributed by atoms with van der Waals surface area (Å²) in [6, 6.07) is 7.94. The second-order valence-corrected chi connectivity index (χ2v) is 6.05. The van der Waals surface area contributed by atoms with Crippen molar-refractivity contribution in [3.8, 4) is 0 Å². The Balaban J connectivity index is 1.81. The zero-order chi connectivity index (χ0) is 14.5. The number of rotatable bonds is 6. The largest absolute Gasteiger partial charge is 0.465 e. The summed E-state index contributed by atoms with van der Waals surface area (Å²) in [6.45, 7) is 3.63. The van der Waals surface area contributed by atoms with Crippen molar-refractivity contribution in [2.75, 3.05) is 20.6 Å². The van der Waals surface area contributed by atoms with E-state index in [9.17, 15) is 4.79 Å². The van der Waals surface area contributed by atoms with Gasteiger partial charge in [0, 0.05) is 11.9 Å². The van der Waals surface area contributed by atoms with Crippen LogP contribution in [-0.4, -0.2) is 36.3 Å². The van der Waals surface area contributed by atoms with Crippen molar-refractivity contribution in [1.82, 2.24) is 9.80 Å². The molecule has 0 aromatic carbocycles. The van der Waals surface area contributed by atoms with Gasteiger partial charge in [0.1, 0.15) is 11.5 Å². The number of hydrogen-bond donors (Lipinski definition) is 0. The van der Waals surface area contributed by atoms with Crippen molar-refractivity contribution in [1.29, 1.82) is 0 Å². The third kappa shape index (κ3) is 4.21. The maximum absolute atomic E-state index is 12.1. The minimum Gasteiger partial charge on any atom is -0.465 e. The van der Waals surface area contributed by atoms with Gasteiger partial charge in [-0.1, -0.05) is 6.07 Å². The molecule has 5 heteroatoms. The Bertz CT molecular complexity index is 548. The highest BCUT2D eigenvalue weighted by Gasteiger charge is 2.13. The van der Waals surface area contributed by atoms with Gasteiger partial charge in [-0.05, 0) is 37.6 Å². The number of carbonyl (C=O) groups is 1. The molecule has 0 aliphatic rings. The highest BCUT2D eigenvalue weighted by Crippen LogP contribution is 2.12. The second-order valence-electron chi connectivity index (χ2n) is 5.01. The van der Waals surface area contributed by atoms with E-state index in [1.807, 2.05) is 55.6 Å². The summed E-state index contributed by atoms with van der Waals surface area (Å²) < 4.78 is 5.52. The summed E-state index contributed by atoms with van der Waals surface area (Å²) in [5.74, 6) is 1.90. The summed E-state index contributed by atoms with van der Waals surface area (Å²) in [4.78, 5) is 17.1. The van der Waals surface area contributed by atoms with E-state index in [0.29, 0.717) is 19.6 Å². The van der Waals surface area contributed by atoms with Gasteiger partial charge in [-0.2, -0.15) is 0 Å². The summed E-state index contributed by atoms with van der Waals surface area (Å²) in [5.41, 5.74) is 0. The van der Waals surface area contributed by atoms with E-state index in [0.717, 1.165) is 11.5 Å². The van der Waals surface area contributed by atoms with Crippen LogP contribution in [0.3, 0.4) is 0 Å². The number of thiophene rings is 1. The molecule has 2 rings (SSSR count). The fourth-order valence-corrected chi connectivity index (χ4v) is 2.73. The fraction of sp³-hybridized carbons (Fsp3) is 0.400. The van der Waals surface area contributed by atoms with Crippen molar-refractivity contribution in [2.45, 2.75) is 20.0 Å². The van der Waals surface area contributed by atoms with Crippen LogP contribution in [0.2, 0.25) is 0 Å². The van der Waals surface area contributed by atoms with E-state index in [2.05, 4.69) is 0 Å². The molecule has 2 heterocycles. The molecular weight excluding hydrogens is 272 g/mol. The molecule has 0 unspecified atom stereocenters.